The normalized spacial score (nSPS) is 21.3. The smallest absolute Gasteiger partial charge is 0.177 e. The van der Waals surface area contributed by atoms with Crippen LogP contribution in [0, 0.1) is 11.3 Å². The number of hydrogen-bond acceptors (Lipinski definition) is 6. The van der Waals surface area contributed by atoms with Crippen molar-refractivity contribution in [1.82, 2.24) is 14.6 Å². The summed E-state index contributed by atoms with van der Waals surface area (Å²) in [5, 5.41) is 20.4. The Hall–Kier alpha value is -2.33. The summed E-state index contributed by atoms with van der Waals surface area (Å²) in [6, 6.07) is 5.06. The zero-order valence-corrected chi connectivity index (χ0v) is 13.6. The van der Waals surface area contributed by atoms with Gasteiger partial charge < -0.3 is 16.4 Å². The van der Waals surface area contributed by atoms with Crippen LogP contribution in [0.1, 0.15) is 45.1 Å². The molecular weight excluding hydrogens is 290 g/mol. The number of fused-ring (bicyclic) bond motifs is 1. The SMILES string of the molecule is CC(C)Nc1cc(NC2CCC(N)CC2)nc2c(C#N)cnn12. The molecule has 1 saturated carbocycles. The number of nitrogens with two attached hydrogens (primary N) is 1. The van der Waals surface area contributed by atoms with E-state index in [0.29, 0.717) is 23.3 Å². The lowest BCUT2D eigenvalue weighted by Crippen LogP contribution is -2.33. The van der Waals surface area contributed by atoms with Crippen molar-refractivity contribution < 1.29 is 0 Å². The predicted molar refractivity (Wildman–Crippen MR) is 90.3 cm³/mol. The molecule has 7 nitrogen and oxygen atoms in total. The predicted octanol–water partition coefficient (Wildman–Crippen LogP) is 2.10. The summed E-state index contributed by atoms with van der Waals surface area (Å²) in [4.78, 5) is 4.58. The molecule has 122 valence electrons. The van der Waals surface area contributed by atoms with Gasteiger partial charge in [-0.15, -0.1) is 0 Å². The average molecular weight is 313 g/mol. The van der Waals surface area contributed by atoms with Crippen LogP contribution in [-0.2, 0) is 0 Å². The summed E-state index contributed by atoms with van der Waals surface area (Å²) in [6.07, 6.45) is 5.72. The molecule has 2 heterocycles. The van der Waals surface area contributed by atoms with E-state index >= 15 is 0 Å². The number of hydrogen-bond donors (Lipinski definition) is 3. The second-order valence-electron chi connectivity index (χ2n) is 6.49. The molecule has 0 bridgehead atoms. The van der Waals surface area contributed by atoms with Crippen molar-refractivity contribution in [3.8, 4) is 6.07 Å². The minimum absolute atomic E-state index is 0.260. The zero-order valence-electron chi connectivity index (χ0n) is 13.6. The molecule has 0 saturated heterocycles. The van der Waals surface area contributed by atoms with Crippen molar-refractivity contribution in [3.63, 3.8) is 0 Å². The fourth-order valence-electron chi connectivity index (χ4n) is 2.99. The van der Waals surface area contributed by atoms with Gasteiger partial charge in [-0.1, -0.05) is 0 Å². The molecule has 0 aliphatic heterocycles. The summed E-state index contributed by atoms with van der Waals surface area (Å²) >= 11 is 0. The first-order chi connectivity index (χ1) is 11.1. The highest BCUT2D eigenvalue weighted by Crippen LogP contribution is 2.24. The Bertz CT molecular complexity index is 720. The molecule has 7 heteroatoms. The molecular formula is C16H23N7. The van der Waals surface area contributed by atoms with Gasteiger partial charge in [0.1, 0.15) is 23.3 Å². The molecule has 1 aliphatic carbocycles. The maximum atomic E-state index is 9.24. The van der Waals surface area contributed by atoms with Crippen LogP contribution in [0.2, 0.25) is 0 Å². The first kappa shape index (κ1) is 15.6. The number of rotatable bonds is 4. The van der Waals surface area contributed by atoms with Crippen LogP contribution in [0.15, 0.2) is 12.3 Å². The van der Waals surface area contributed by atoms with Crippen molar-refractivity contribution >= 4 is 17.3 Å². The molecule has 0 amide bonds. The topological polar surface area (TPSA) is 104 Å². The Labute approximate surface area is 135 Å². The molecule has 23 heavy (non-hydrogen) atoms. The van der Waals surface area contributed by atoms with Gasteiger partial charge >= 0.3 is 0 Å². The van der Waals surface area contributed by atoms with E-state index < -0.39 is 0 Å². The van der Waals surface area contributed by atoms with E-state index in [-0.39, 0.29) is 6.04 Å². The van der Waals surface area contributed by atoms with Crippen LogP contribution in [0.4, 0.5) is 11.6 Å². The van der Waals surface area contributed by atoms with Crippen LogP contribution in [0.5, 0.6) is 0 Å². The van der Waals surface area contributed by atoms with E-state index in [1.165, 1.54) is 0 Å². The summed E-state index contributed by atoms with van der Waals surface area (Å²) in [5.41, 5.74) is 7.02. The van der Waals surface area contributed by atoms with Gasteiger partial charge in [0.05, 0.1) is 6.20 Å². The van der Waals surface area contributed by atoms with Crippen LogP contribution < -0.4 is 16.4 Å². The second kappa shape index (κ2) is 6.42. The number of aromatic nitrogens is 3. The third kappa shape index (κ3) is 3.37. The summed E-state index contributed by atoms with van der Waals surface area (Å²) in [5.74, 6) is 1.61. The summed E-state index contributed by atoms with van der Waals surface area (Å²) < 4.78 is 1.68. The monoisotopic (exact) mass is 313 g/mol. The van der Waals surface area contributed by atoms with E-state index in [4.69, 9.17) is 5.73 Å². The fourth-order valence-corrected chi connectivity index (χ4v) is 2.99. The third-order valence-electron chi connectivity index (χ3n) is 4.15. The van der Waals surface area contributed by atoms with Gasteiger partial charge in [0.25, 0.3) is 0 Å². The Balaban J connectivity index is 1.91. The van der Waals surface area contributed by atoms with Crippen molar-refractivity contribution in [3.05, 3.63) is 17.8 Å². The van der Waals surface area contributed by atoms with Gasteiger partial charge in [-0.05, 0) is 39.5 Å². The van der Waals surface area contributed by atoms with Crippen molar-refractivity contribution in [2.45, 2.75) is 57.7 Å². The molecule has 0 atom stereocenters. The highest BCUT2D eigenvalue weighted by atomic mass is 15.3. The highest BCUT2D eigenvalue weighted by Gasteiger charge is 2.20. The molecule has 0 unspecified atom stereocenters. The van der Waals surface area contributed by atoms with Gasteiger partial charge in [0.15, 0.2) is 5.65 Å². The van der Waals surface area contributed by atoms with E-state index in [2.05, 4.69) is 40.6 Å². The Morgan fingerprint density at radius 3 is 2.74 bits per heavy atom. The molecule has 2 aromatic rings. The minimum Gasteiger partial charge on any atom is -0.368 e. The molecule has 1 aliphatic rings. The molecule has 4 N–H and O–H groups in total. The first-order valence-electron chi connectivity index (χ1n) is 8.14. The minimum atomic E-state index is 0.260. The van der Waals surface area contributed by atoms with Crippen LogP contribution in [0.3, 0.4) is 0 Å². The van der Waals surface area contributed by atoms with E-state index in [1.54, 1.807) is 10.7 Å². The van der Waals surface area contributed by atoms with E-state index in [1.807, 2.05) is 6.07 Å². The quantitative estimate of drug-likeness (QED) is 0.798. The van der Waals surface area contributed by atoms with Crippen LogP contribution in [-0.4, -0.2) is 32.7 Å². The van der Waals surface area contributed by atoms with Gasteiger partial charge in [-0.3, -0.25) is 0 Å². The molecule has 2 aromatic heterocycles. The van der Waals surface area contributed by atoms with Gasteiger partial charge in [0.2, 0.25) is 0 Å². The first-order valence-corrected chi connectivity index (χ1v) is 8.14. The molecule has 3 rings (SSSR count). The number of anilines is 2. The largest absolute Gasteiger partial charge is 0.368 e. The lowest BCUT2D eigenvalue weighted by molar-refractivity contribution is 0.410. The zero-order chi connectivity index (χ0) is 16.4. The molecule has 1 fully saturated rings. The van der Waals surface area contributed by atoms with Gasteiger partial charge in [0, 0.05) is 24.2 Å². The number of nitriles is 1. The van der Waals surface area contributed by atoms with E-state index in [0.717, 1.165) is 37.3 Å². The summed E-state index contributed by atoms with van der Waals surface area (Å²) in [6.45, 7) is 4.13. The van der Waals surface area contributed by atoms with Crippen LogP contribution >= 0.6 is 0 Å². The Morgan fingerprint density at radius 1 is 1.35 bits per heavy atom. The van der Waals surface area contributed by atoms with Crippen molar-refractivity contribution in [2.24, 2.45) is 5.73 Å². The lowest BCUT2D eigenvalue weighted by Gasteiger charge is -2.27. The molecule has 0 spiro atoms. The maximum absolute atomic E-state index is 9.24. The molecule has 0 radical (unpaired) electrons. The van der Waals surface area contributed by atoms with Crippen molar-refractivity contribution in [2.75, 3.05) is 10.6 Å². The number of nitrogens with zero attached hydrogens (tertiary/aromatic N) is 4. The standard InChI is InChI=1S/C16H23N7/c1-10(2)20-15-7-14(21-13-5-3-12(18)4-6-13)22-16-11(8-17)9-19-23(15)16/h7,9-10,12-13,20H,3-6,18H2,1-2H3,(H,21,22). The lowest BCUT2D eigenvalue weighted by atomic mass is 9.92. The van der Waals surface area contributed by atoms with E-state index in [9.17, 15) is 5.26 Å². The van der Waals surface area contributed by atoms with Crippen LogP contribution in [0.25, 0.3) is 5.65 Å². The van der Waals surface area contributed by atoms with Gasteiger partial charge in [-0.2, -0.15) is 14.9 Å². The average Bonchev–Trinajstić information content (AvgIpc) is 2.92. The third-order valence-corrected chi connectivity index (χ3v) is 4.15. The summed E-state index contributed by atoms with van der Waals surface area (Å²) in [7, 11) is 0. The Kier molecular flexibility index (Phi) is 4.35. The maximum Gasteiger partial charge on any atom is 0.177 e. The number of nitrogens with one attached hydrogen (secondary N) is 2. The fraction of sp³-hybridized carbons (Fsp3) is 0.562. The van der Waals surface area contributed by atoms with Crippen molar-refractivity contribution in [1.29, 1.82) is 5.26 Å². The molecule has 0 aromatic carbocycles. The Morgan fingerprint density at radius 2 is 2.09 bits per heavy atom. The van der Waals surface area contributed by atoms with Gasteiger partial charge in [-0.25, -0.2) is 4.98 Å². The second-order valence-corrected chi connectivity index (χ2v) is 6.49. The highest BCUT2D eigenvalue weighted by molar-refractivity contribution is 5.63.